The van der Waals surface area contributed by atoms with Crippen LogP contribution in [0.25, 0.3) is 0 Å². The van der Waals surface area contributed by atoms with E-state index in [4.69, 9.17) is 0 Å². The second kappa shape index (κ2) is 5.64. The van der Waals surface area contributed by atoms with Gasteiger partial charge in [-0.2, -0.15) is 0 Å². The summed E-state index contributed by atoms with van der Waals surface area (Å²) in [4.78, 5) is 2.22. The molecule has 2 rings (SSSR count). The molecule has 0 saturated carbocycles. The summed E-state index contributed by atoms with van der Waals surface area (Å²) in [6, 6.07) is 2.32. The molecule has 106 valence electrons. The molecule has 1 aromatic rings. The summed E-state index contributed by atoms with van der Waals surface area (Å²) in [6.45, 7) is 10.7. The van der Waals surface area contributed by atoms with Gasteiger partial charge in [-0.1, -0.05) is 6.07 Å². The van der Waals surface area contributed by atoms with Gasteiger partial charge in [-0.05, 0) is 87.9 Å². The van der Waals surface area contributed by atoms with Crippen LogP contribution in [0.15, 0.2) is 6.07 Å². The molecule has 2 atom stereocenters. The van der Waals surface area contributed by atoms with Gasteiger partial charge in [0.05, 0.1) is 6.10 Å². The summed E-state index contributed by atoms with van der Waals surface area (Å²) in [5.74, 6) is 0.413. The van der Waals surface area contributed by atoms with E-state index in [0.29, 0.717) is 5.92 Å². The Labute approximate surface area is 117 Å². The van der Waals surface area contributed by atoms with Crippen molar-refractivity contribution in [2.45, 2.75) is 46.6 Å². The number of nitrogens with zero attached hydrogens (tertiary/aromatic N) is 1. The lowest BCUT2D eigenvalue weighted by Gasteiger charge is -2.34. The van der Waals surface area contributed by atoms with Crippen molar-refractivity contribution < 1.29 is 5.11 Å². The molecule has 1 N–H and O–H groups in total. The summed E-state index contributed by atoms with van der Waals surface area (Å²) in [7, 11) is 2.09. The second-order valence-corrected chi connectivity index (χ2v) is 6.31. The Bertz CT molecular complexity index is 467. The molecule has 2 unspecified atom stereocenters. The molecular weight excluding hydrogens is 234 g/mol. The highest BCUT2D eigenvalue weighted by atomic mass is 16.3. The molecule has 2 nitrogen and oxygen atoms in total. The van der Waals surface area contributed by atoms with Gasteiger partial charge in [0.2, 0.25) is 0 Å². The lowest BCUT2D eigenvalue weighted by atomic mass is 9.84. The highest BCUT2D eigenvalue weighted by molar-refractivity contribution is 5.43. The topological polar surface area (TPSA) is 23.5 Å². The summed E-state index contributed by atoms with van der Waals surface area (Å²) in [5.41, 5.74) is 7.03. The van der Waals surface area contributed by atoms with Gasteiger partial charge < -0.3 is 10.0 Å². The van der Waals surface area contributed by atoms with Crippen molar-refractivity contribution in [1.29, 1.82) is 0 Å². The number of rotatable bonds is 2. The first-order valence-corrected chi connectivity index (χ1v) is 7.33. The van der Waals surface area contributed by atoms with Crippen molar-refractivity contribution in [2.24, 2.45) is 5.92 Å². The number of β-amino-alcohol motifs (C(OH)–C–C–N with tert-alkyl or cyclic N) is 1. The molecule has 0 bridgehead atoms. The van der Waals surface area contributed by atoms with E-state index in [1.54, 1.807) is 0 Å². The van der Waals surface area contributed by atoms with Gasteiger partial charge in [0, 0.05) is 6.54 Å². The third kappa shape index (κ3) is 3.01. The van der Waals surface area contributed by atoms with Crippen molar-refractivity contribution in [2.75, 3.05) is 20.1 Å². The molecule has 1 aliphatic heterocycles. The number of likely N-dealkylation sites (N-methyl/N-ethyl adjacent to an activating group) is 1. The van der Waals surface area contributed by atoms with Crippen molar-refractivity contribution in [3.8, 4) is 0 Å². The zero-order valence-corrected chi connectivity index (χ0v) is 13.0. The van der Waals surface area contributed by atoms with Crippen LogP contribution in [0.1, 0.15) is 34.2 Å². The maximum Gasteiger partial charge on any atom is 0.0698 e. The Balaban J connectivity index is 2.20. The Morgan fingerprint density at radius 2 is 1.84 bits per heavy atom. The minimum absolute atomic E-state index is 0.180. The van der Waals surface area contributed by atoms with Crippen molar-refractivity contribution in [3.63, 3.8) is 0 Å². The average Bonchev–Trinajstić information content (AvgIpc) is 2.36. The fourth-order valence-corrected chi connectivity index (χ4v) is 3.17. The molecule has 0 amide bonds. The van der Waals surface area contributed by atoms with Crippen LogP contribution < -0.4 is 0 Å². The van der Waals surface area contributed by atoms with Gasteiger partial charge >= 0.3 is 0 Å². The number of benzene rings is 1. The van der Waals surface area contributed by atoms with Crippen LogP contribution in [-0.4, -0.2) is 36.2 Å². The van der Waals surface area contributed by atoms with Crippen molar-refractivity contribution in [3.05, 3.63) is 33.9 Å². The van der Waals surface area contributed by atoms with E-state index in [2.05, 4.69) is 45.7 Å². The summed E-state index contributed by atoms with van der Waals surface area (Å²) < 4.78 is 0. The van der Waals surface area contributed by atoms with Crippen LogP contribution in [0.5, 0.6) is 0 Å². The van der Waals surface area contributed by atoms with E-state index < -0.39 is 0 Å². The smallest absolute Gasteiger partial charge is 0.0698 e. The van der Waals surface area contributed by atoms with Crippen molar-refractivity contribution in [1.82, 2.24) is 4.90 Å². The van der Waals surface area contributed by atoms with Gasteiger partial charge in [-0.25, -0.2) is 0 Å². The normalized spacial score (nSPS) is 24.7. The molecule has 0 radical (unpaired) electrons. The number of aryl methyl sites for hydroxylation is 1. The maximum absolute atomic E-state index is 10.2. The van der Waals surface area contributed by atoms with E-state index in [-0.39, 0.29) is 6.10 Å². The first-order chi connectivity index (χ1) is 8.90. The number of aliphatic hydroxyl groups excluding tert-OH is 1. The summed E-state index contributed by atoms with van der Waals surface area (Å²) >= 11 is 0. The molecule has 0 spiro atoms. The first kappa shape index (κ1) is 14.5. The molecule has 2 heteroatoms. The van der Waals surface area contributed by atoms with Gasteiger partial charge in [-0.3, -0.25) is 0 Å². The lowest BCUT2D eigenvalue weighted by molar-refractivity contribution is 0.0326. The van der Waals surface area contributed by atoms with E-state index in [0.717, 1.165) is 25.9 Å². The number of likely N-dealkylation sites (tertiary alicyclic amines) is 1. The third-order valence-corrected chi connectivity index (χ3v) is 5.00. The Morgan fingerprint density at radius 1 is 1.16 bits per heavy atom. The van der Waals surface area contributed by atoms with Crippen LogP contribution in [0.2, 0.25) is 0 Å². The molecule has 19 heavy (non-hydrogen) atoms. The van der Waals surface area contributed by atoms with Crippen LogP contribution in [0.3, 0.4) is 0 Å². The van der Waals surface area contributed by atoms with Gasteiger partial charge in [0.25, 0.3) is 0 Å². The number of hydrogen-bond donors (Lipinski definition) is 1. The predicted octanol–water partition coefficient (Wildman–Crippen LogP) is 2.78. The lowest BCUT2D eigenvalue weighted by Crippen LogP contribution is -2.42. The van der Waals surface area contributed by atoms with Gasteiger partial charge in [0.1, 0.15) is 0 Å². The van der Waals surface area contributed by atoms with E-state index in [1.807, 2.05) is 0 Å². The van der Waals surface area contributed by atoms with Crippen LogP contribution in [-0.2, 0) is 6.42 Å². The predicted molar refractivity (Wildman–Crippen MR) is 80.7 cm³/mol. The van der Waals surface area contributed by atoms with E-state index in [9.17, 15) is 5.11 Å². The molecule has 1 aromatic carbocycles. The number of piperidine rings is 1. The number of aliphatic hydroxyl groups is 1. The monoisotopic (exact) mass is 261 g/mol. The fourth-order valence-electron chi connectivity index (χ4n) is 3.17. The quantitative estimate of drug-likeness (QED) is 0.885. The SMILES string of the molecule is Cc1cc(CC2CCN(C)CC2O)c(C)c(C)c1C. The highest BCUT2D eigenvalue weighted by Crippen LogP contribution is 2.27. The zero-order chi connectivity index (χ0) is 14.2. The van der Waals surface area contributed by atoms with Crippen molar-refractivity contribution >= 4 is 0 Å². The average molecular weight is 261 g/mol. The third-order valence-electron chi connectivity index (χ3n) is 5.00. The molecule has 1 aliphatic rings. The largest absolute Gasteiger partial charge is 0.391 e. The second-order valence-electron chi connectivity index (χ2n) is 6.31. The molecule has 1 heterocycles. The standard InChI is InChI=1S/C17H27NO/c1-11-8-16(14(4)13(3)12(11)2)9-15-6-7-18(5)10-17(15)19/h8,15,17,19H,6-7,9-10H2,1-5H3. The Kier molecular flexibility index (Phi) is 4.32. The van der Waals surface area contributed by atoms with E-state index in [1.165, 1.54) is 27.8 Å². The molecular formula is C17H27NO. The fraction of sp³-hybridized carbons (Fsp3) is 0.647. The zero-order valence-electron chi connectivity index (χ0n) is 13.0. The van der Waals surface area contributed by atoms with Gasteiger partial charge in [-0.15, -0.1) is 0 Å². The molecule has 0 aliphatic carbocycles. The Morgan fingerprint density at radius 3 is 2.47 bits per heavy atom. The van der Waals surface area contributed by atoms with E-state index >= 15 is 0 Å². The minimum Gasteiger partial charge on any atom is -0.391 e. The molecule has 1 fully saturated rings. The summed E-state index contributed by atoms with van der Waals surface area (Å²) in [5, 5.41) is 10.2. The van der Waals surface area contributed by atoms with Crippen LogP contribution >= 0.6 is 0 Å². The highest BCUT2D eigenvalue weighted by Gasteiger charge is 2.26. The van der Waals surface area contributed by atoms with Crippen LogP contribution in [0.4, 0.5) is 0 Å². The molecule has 1 saturated heterocycles. The minimum atomic E-state index is -0.180. The summed E-state index contributed by atoms with van der Waals surface area (Å²) in [6.07, 6.45) is 1.94. The van der Waals surface area contributed by atoms with Gasteiger partial charge in [0.15, 0.2) is 0 Å². The molecule has 0 aromatic heterocycles. The maximum atomic E-state index is 10.2. The van der Waals surface area contributed by atoms with Crippen LogP contribution in [0, 0.1) is 33.6 Å². The first-order valence-electron chi connectivity index (χ1n) is 7.33. The Hall–Kier alpha value is -0.860. The number of hydrogen-bond acceptors (Lipinski definition) is 2.